The third kappa shape index (κ3) is 4.83. The van der Waals surface area contributed by atoms with Gasteiger partial charge in [0.1, 0.15) is 5.75 Å². The van der Waals surface area contributed by atoms with Gasteiger partial charge in [-0.1, -0.05) is 41.0 Å². The normalized spacial score (nSPS) is 13.9. The molecule has 1 aliphatic rings. The highest BCUT2D eigenvalue weighted by molar-refractivity contribution is 5.92. The van der Waals surface area contributed by atoms with E-state index < -0.39 is 0 Å². The number of aromatic amines is 1. The zero-order valence-corrected chi connectivity index (χ0v) is 21.7. The molecule has 0 spiro atoms. The summed E-state index contributed by atoms with van der Waals surface area (Å²) in [7, 11) is 1.71. The van der Waals surface area contributed by atoms with Crippen molar-refractivity contribution in [2.24, 2.45) is 0 Å². The first-order valence-electron chi connectivity index (χ1n) is 12.8. The van der Waals surface area contributed by atoms with Crippen molar-refractivity contribution >= 4 is 22.5 Å². The Morgan fingerprint density at radius 1 is 0.889 bits per heavy atom. The van der Waals surface area contributed by atoms with Crippen LogP contribution < -0.4 is 9.64 Å². The molecule has 36 heavy (non-hydrogen) atoms. The molecule has 1 amide bonds. The molecule has 1 aromatic heterocycles. The van der Waals surface area contributed by atoms with E-state index in [1.807, 2.05) is 23.1 Å². The summed E-state index contributed by atoms with van der Waals surface area (Å²) in [6.07, 6.45) is 1.23. The number of piperazine rings is 1. The van der Waals surface area contributed by atoms with Crippen molar-refractivity contribution < 1.29 is 9.53 Å². The Bertz CT molecular complexity index is 1380. The van der Waals surface area contributed by atoms with Gasteiger partial charge in [-0.2, -0.15) is 0 Å². The average Bonchev–Trinajstić information content (AvgIpc) is 3.24. The molecular formula is C31H35N3O2. The highest BCUT2D eigenvalue weighted by Crippen LogP contribution is 2.33. The largest absolute Gasteiger partial charge is 0.495 e. The highest BCUT2D eigenvalue weighted by Gasteiger charge is 2.23. The standard InChI is InChI=1S/C31H35N3O2/c1-21-9-11-27-26(20-21)25(31(32-27)24-18-22(2)17-23(3)19-24)10-12-30(35)34-15-13-33(14-16-34)28-7-5-6-8-29(28)36-4/h5-9,11,17-20,32H,10,12-16H2,1-4H3. The van der Waals surface area contributed by atoms with Crippen molar-refractivity contribution in [2.75, 3.05) is 38.2 Å². The summed E-state index contributed by atoms with van der Waals surface area (Å²) in [5, 5.41) is 1.22. The molecule has 1 aliphatic heterocycles. The predicted molar refractivity (Wildman–Crippen MR) is 148 cm³/mol. The first-order chi connectivity index (χ1) is 17.4. The van der Waals surface area contributed by atoms with Crippen LogP contribution >= 0.6 is 0 Å². The molecule has 5 rings (SSSR count). The van der Waals surface area contributed by atoms with Crippen molar-refractivity contribution in [3.8, 4) is 17.0 Å². The Balaban J connectivity index is 1.33. The van der Waals surface area contributed by atoms with Gasteiger partial charge in [-0.05, 0) is 74.7 Å². The van der Waals surface area contributed by atoms with Gasteiger partial charge in [0.25, 0.3) is 0 Å². The van der Waals surface area contributed by atoms with E-state index in [0.29, 0.717) is 6.42 Å². The molecule has 2 heterocycles. The Morgan fingerprint density at radius 2 is 1.61 bits per heavy atom. The minimum atomic E-state index is 0.225. The van der Waals surface area contributed by atoms with Crippen molar-refractivity contribution in [3.05, 3.63) is 82.9 Å². The Hall–Kier alpha value is -3.73. The maximum Gasteiger partial charge on any atom is 0.223 e. The number of amides is 1. The molecule has 4 aromatic rings. The van der Waals surface area contributed by atoms with Crippen LogP contribution in [0.5, 0.6) is 5.75 Å². The number of methoxy groups -OCH3 is 1. The molecule has 0 radical (unpaired) electrons. The van der Waals surface area contributed by atoms with Gasteiger partial charge in [0.2, 0.25) is 5.91 Å². The van der Waals surface area contributed by atoms with Crippen LogP contribution in [0.15, 0.2) is 60.7 Å². The van der Waals surface area contributed by atoms with Crippen LogP contribution in [-0.4, -0.2) is 49.1 Å². The number of ether oxygens (including phenoxy) is 1. The van der Waals surface area contributed by atoms with Crippen LogP contribution in [0.25, 0.3) is 22.2 Å². The van der Waals surface area contributed by atoms with Crippen molar-refractivity contribution in [2.45, 2.75) is 33.6 Å². The molecule has 5 nitrogen and oxygen atoms in total. The number of hydrogen-bond acceptors (Lipinski definition) is 3. The lowest BCUT2D eigenvalue weighted by Crippen LogP contribution is -2.48. The number of fused-ring (bicyclic) bond motifs is 1. The highest BCUT2D eigenvalue weighted by atomic mass is 16.5. The van der Waals surface area contributed by atoms with Crippen LogP contribution in [0.1, 0.15) is 28.7 Å². The van der Waals surface area contributed by atoms with E-state index in [2.05, 4.69) is 73.1 Å². The lowest BCUT2D eigenvalue weighted by molar-refractivity contribution is -0.131. The maximum absolute atomic E-state index is 13.3. The summed E-state index contributed by atoms with van der Waals surface area (Å²) in [5.74, 6) is 1.11. The van der Waals surface area contributed by atoms with Crippen LogP contribution in [0.4, 0.5) is 5.69 Å². The van der Waals surface area contributed by atoms with Gasteiger partial charge >= 0.3 is 0 Å². The summed E-state index contributed by atoms with van der Waals surface area (Å²) in [6, 6.07) is 21.3. The number of H-pyrrole nitrogens is 1. The predicted octanol–water partition coefficient (Wildman–Crippen LogP) is 6.05. The number of nitrogens with zero attached hydrogens (tertiary/aromatic N) is 2. The topological polar surface area (TPSA) is 48.6 Å². The monoisotopic (exact) mass is 481 g/mol. The number of hydrogen-bond donors (Lipinski definition) is 1. The third-order valence-corrected chi connectivity index (χ3v) is 7.22. The number of aryl methyl sites for hydroxylation is 4. The minimum absolute atomic E-state index is 0.225. The van der Waals surface area contributed by atoms with Crippen LogP contribution in [0, 0.1) is 20.8 Å². The zero-order valence-electron chi connectivity index (χ0n) is 21.7. The summed E-state index contributed by atoms with van der Waals surface area (Å²) in [6.45, 7) is 9.48. The van der Waals surface area contributed by atoms with Gasteiger partial charge in [-0.15, -0.1) is 0 Å². The molecule has 0 aliphatic carbocycles. The zero-order chi connectivity index (χ0) is 25.2. The Kier molecular flexibility index (Phi) is 6.73. The first-order valence-corrected chi connectivity index (χ1v) is 12.8. The van der Waals surface area contributed by atoms with E-state index in [1.165, 1.54) is 33.2 Å². The van der Waals surface area contributed by atoms with E-state index in [1.54, 1.807) is 7.11 Å². The molecule has 1 fully saturated rings. The minimum Gasteiger partial charge on any atom is -0.495 e. The van der Waals surface area contributed by atoms with Gasteiger partial charge in [-0.25, -0.2) is 0 Å². The van der Waals surface area contributed by atoms with E-state index in [0.717, 1.165) is 55.2 Å². The molecule has 186 valence electrons. The van der Waals surface area contributed by atoms with Crippen LogP contribution in [0.2, 0.25) is 0 Å². The molecule has 0 atom stereocenters. The summed E-state index contributed by atoms with van der Waals surface area (Å²) in [5.41, 5.74) is 9.50. The molecule has 5 heteroatoms. The third-order valence-electron chi connectivity index (χ3n) is 7.22. The second-order valence-electron chi connectivity index (χ2n) is 9.94. The molecule has 3 aromatic carbocycles. The number of rotatable bonds is 6. The number of aromatic nitrogens is 1. The lowest BCUT2D eigenvalue weighted by Gasteiger charge is -2.36. The Morgan fingerprint density at radius 3 is 2.33 bits per heavy atom. The number of anilines is 1. The van der Waals surface area contributed by atoms with E-state index in [-0.39, 0.29) is 5.91 Å². The van der Waals surface area contributed by atoms with E-state index in [9.17, 15) is 4.79 Å². The number of carbonyl (C=O) groups is 1. The number of nitrogens with one attached hydrogen (secondary N) is 1. The molecule has 0 unspecified atom stereocenters. The van der Waals surface area contributed by atoms with Gasteiger partial charge in [-0.3, -0.25) is 4.79 Å². The first kappa shape index (κ1) is 24.0. The molecule has 1 N–H and O–H groups in total. The van der Waals surface area contributed by atoms with Crippen molar-refractivity contribution in [1.29, 1.82) is 0 Å². The summed E-state index contributed by atoms with van der Waals surface area (Å²) in [4.78, 5) is 21.3. The van der Waals surface area contributed by atoms with Crippen molar-refractivity contribution in [1.82, 2.24) is 9.88 Å². The van der Waals surface area contributed by atoms with Crippen LogP contribution in [0.3, 0.4) is 0 Å². The van der Waals surface area contributed by atoms with Crippen molar-refractivity contribution in [3.63, 3.8) is 0 Å². The molecular weight excluding hydrogens is 446 g/mol. The number of para-hydroxylation sites is 2. The van der Waals surface area contributed by atoms with Crippen LogP contribution in [-0.2, 0) is 11.2 Å². The average molecular weight is 482 g/mol. The molecule has 0 saturated carbocycles. The van der Waals surface area contributed by atoms with Gasteiger partial charge in [0, 0.05) is 49.2 Å². The van der Waals surface area contributed by atoms with E-state index >= 15 is 0 Å². The van der Waals surface area contributed by atoms with Gasteiger partial charge in [0.05, 0.1) is 12.8 Å². The number of carbonyl (C=O) groups excluding carboxylic acids is 1. The molecule has 1 saturated heterocycles. The second-order valence-corrected chi connectivity index (χ2v) is 9.94. The SMILES string of the molecule is COc1ccccc1N1CCN(C(=O)CCc2c(-c3cc(C)cc(C)c3)[nH]c3ccc(C)cc23)CC1. The summed E-state index contributed by atoms with van der Waals surface area (Å²) < 4.78 is 5.53. The summed E-state index contributed by atoms with van der Waals surface area (Å²) >= 11 is 0. The second kappa shape index (κ2) is 10.1. The maximum atomic E-state index is 13.3. The fraction of sp³-hybridized carbons (Fsp3) is 0.323. The smallest absolute Gasteiger partial charge is 0.223 e. The Labute approximate surface area is 213 Å². The fourth-order valence-corrected chi connectivity index (χ4v) is 5.46. The fourth-order valence-electron chi connectivity index (χ4n) is 5.46. The van der Waals surface area contributed by atoms with E-state index in [4.69, 9.17) is 4.74 Å². The molecule has 0 bridgehead atoms. The lowest BCUT2D eigenvalue weighted by atomic mass is 9.98. The number of benzene rings is 3. The van der Waals surface area contributed by atoms with Gasteiger partial charge in [0.15, 0.2) is 0 Å². The quantitative estimate of drug-likeness (QED) is 0.365. The van der Waals surface area contributed by atoms with Gasteiger partial charge < -0.3 is 19.5 Å².